The van der Waals surface area contributed by atoms with Gasteiger partial charge >= 0.3 is 11.8 Å². The molecule has 0 aromatic heterocycles. The van der Waals surface area contributed by atoms with Crippen molar-refractivity contribution in [3.05, 3.63) is 87.9 Å². The fourth-order valence-electron chi connectivity index (χ4n) is 2.71. The number of ether oxygens (including phenoxy) is 1. The van der Waals surface area contributed by atoms with Gasteiger partial charge in [-0.15, -0.1) is 0 Å². The molecule has 0 aliphatic heterocycles. The maximum absolute atomic E-state index is 12.2. The Morgan fingerprint density at radius 1 is 0.912 bits per heavy atom. The topological polar surface area (TPSA) is 109 Å². The van der Waals surface area contributed by atoms with Crippen LogP contribution in [0.2, 0.25) is 10.0 Å². The molecule has 0 bridgehead atoms. The summed E-state index contributed by atoms with van der Waals surface area (Å²) in [6, 6.07) is 18.4. The summed E-state index contributed by atoms with van der Waals surface area (Å²) in [6.45, 7) is 1.64. The Bertz CT molecular complexity index is 1250. The van der Waals surface area contributed by atoms with Crippen LogP contribution in [0.25, 0.3) is 0 Å². The van der Waals surface area contributed by atoms with Crippen LogP contribution in [-0.2, 0) is 14.4 Å². The van der Waals surface area contributed by atoms with Crippen molar-refractivity contribution in [1.82, 2.24) is 5.43 Å². The number of rotatable bonds is 7. The number of amides is 3. The summed E-state index contributed by atoms with van der Waals surface area (Å²) in [5.74, 6) is -1.80. The normalized spacial score (nSPS) is 10.6. The van der Waals surface area contributed by atoms with Crippen molar-refractivity contribution < 1.29 is 19.1 Å². The average Bonchev–Trinajstić information content (AvgIpc) is 2.82. The van der Waals surface area contributed by atoms with Gasteiger partial charge in [-0.2, -0.15) is 5.10 Å². The number of hydrazone groups is 1. The molecule has 3 aromatic carbocycles. The van der Waals surface area contributed by atoms with Crippen molar-refractivity contribution in [3.63, 3.8) is 0 Å². The Morgan fingerprint density at radius 3 is 2.50 bits per heavy atom. The molecule has 3 aromatic rings. The maximum Gasteiger partial charge on any atom is 0.329 e. The second kappa shape index (κ2) is 11.8. The first kappa shape index (κ1) is 24.8. The van der Waals surface area contributed by atoms with Gasteiger partial charge in [0.05, 0.1) is 16.9 Å². The van der Waals surface area contributed by atoms with E-state index in [-0.39, 0.29) is 12.5 Å². The summed E-state index contributed by atoms with van der Waals surface area (Å²) in [6.07, 6.45) is 1.34. The van der Waals surface area contributed by atoms with Crippen LogP contribution in [0.15, 0.2) is 71.8 Å². The highest BCUT2D eigenvalue weighted by molar-refractivity contribution is 6.41. The lowest BCUT2D eigenvalue weighted by molar-refractivity contribution is -0.136. The highest BCUT2D eigenvalue weighted by Gasteiger charge is 2.14. The van der Waals surface area contributed by atoms with Crippen LogP contribution >= 0.6 is 23.2 Å². The van der Waals surface area contributed by atoms with Crippen LogP contribution in [0.4, 0.5) is 11.4 Å². The van der Waals surface area contributed by atoms with Crippen molar-refractivity contribution >= 4 is 58.5 Å². The zero-order valence-corrected chi connectivity index (χ0v) is 19.5. The first-order valence-corrected chi connectivity index (χ1v) is 10.7. The van der Waals surface area contributed by atoms with Crippen LogP contribution in [0.5, 0.6) is 5.75 Å². The summed E-state index contributed by atoms with van der Waals surface area (Å²) >= 11 is 11.9. The number of anilines is 2. The molecule has 10 heteroatoms. The van der Waals surface area contributed by atoms with E-state index in [9.17, 15) is 14.4 Å². The van der Waals surface area contributed by atoms with E-state index < -0.39 is 11.8 Å². The smallest absolute Gasteiger partial charge is 0.329 e. The van der Waals surface area contributed by atoms with Gasteiger partial charge in [0.2, 0.25) is 0 Å². The Balaban J connectivity index is 1.50. The van der Waals surface area contributed by atoms with Crippen molar-refractivity contribution in [1.29, 1.82) is 0 Å². The number of aryl methyl sites for hydroxylation is 1. The van der Waals surface area contributed by atoms with Gasteiger partial charge in [0.1, 0.15) is 5.75 Å². The van der Waals surface area contributed by atoms with Crippen molar-refractivity contribution in [3.8, 4) is 5.75 Å². The largest absolute Gasteiger partial charge is 0.484 e. The van der Waals surface area contributed by atoms with Gasteiger partial charge in [0.15, 0.2) is 6.61 Å². The van der Waals surface area contributed by atoms with E-state index in [1.165, 1.54) is 6.21 Å². The minimum atomic E-state index is -0.962. The molecule has 0 aliphatic carbocycles. The van der Waals surface area contributed by atoms with Crippen LogP contribution < -0.4 is 20.8 Å². The maximum atomic E-state index is 12.2. The number of carbonyl (C=O) groups excluding carboxylic acids is 3. The second-order valence-corrected chi connectivity index (χ2v) is 7.85. The van der Waals surface area contributed by atoms with Gasteiger partial charge in [-0.05, 0) is 54.4 Å². The standard InChI is InChI=1S/C24H20Cl2N4O4/c1-15-9-10-17(25)12-21(15)28-22(31)14-34-18-6-4-5-16(11-18)13-27-30-24(33)23(32)29-20-8-3-2-7-19(20)26/h2-13H,14H2,1H3,(H,28,31)(H,29,32)(H,30,33)/b27-13-. The second-order valence-electron chi connectivity index (χ2n) is 7.00. The third-order valence-electron chi connectivity index (χ3n) is 4.41. The van der Waals surface area contributed by atoms with Crippen LogP contribution in [0, 0.1) is 6.92 Å². The molecule has 34 heavy (non-hydrogen) atoms. The van der Waals surface area contributed by atoms with Crippen LogP contribution in [0.1, 0.15) is 11.1 Å². The number of hydrogen-bond donors (Lipinski definition) is 3. The Kier molecular flexibility index (Phi) is 8.61. The minimum absolute atomic E-state index is 0.217. The zero-order valence-electron chi connectivity index (χ0n) is 18.0. The summed E-state index contributed by atoms with van der Waals surface area (Å²) in [5, 5.41) is 9.74. The van der Waals surface area contributed by atoms with E-state index >= 15 is 0 Å². The Morgan fingerprint density at radius 2 is 1.71 bits per heavy atom. The molecule has 0 saturated carbocycles. The van der Waals surface area contributed by atoms with Crippen LogP contribution in [-0.4, -0.2) is 30.5 Å². The quantitative estimate of drug-likeness (QED) is 0.254. The lowest BCUT2D eigenvalue weighted by Gasteiger charge is -2.10. The fraction of sp³-hybridized carbons (Fsp3) is 0.0833. The molecule has 0 heterocycles. The number of nitrogens with one attached hydrogen (secondary N) is 3. The molecule has 3 N–H and O–H groups in total. The monoisotopic (exact) mass is 498 g/mol. The van der Waals surface area contributed by atoms with Gasteiger partial charge in [0, 0.05) is 10.7 Å². The van der Waals surface area contributed by atoms with E-state index in [1.807, 2.05) is 6.92 Å². The predicted octanol–water partition coefficient (Wildman–Crippen LogP) is 4.41. The molecule has 0 radical (unpaired) electrons. The zero-order chi connectivity index (χ0) is 24.5. The van der Waals surface area contributed by atoms with E-state index in [4.69, 9.17) is 27.9 Å². The Labute approximate surface area is 205 Å². The third kappa shape index (κ3) is 7.33. The van der Waals surface area contributed by atoms with Crippen molar-refractivity contribution in [2.75, 3.05) is 17.2 Å². The summed E-state index contributed by atoms with van der Waals surface area (Å²) in [4.78, 5) is 36.1. The van der Waals surface area contributed by atoms with Gasteiger partial charge in [-0.3, -0.25) is 14.4 Å². The molecule has 0 unspecified atom stereocenters. The molecule has 0 aliphatic rings. The first-order chi connectivity index (χ1) is 16.3. The first-order valence-electron chi connectivity index (χ1n) is 9.99. The summed E-state index contributed by atoms with van der Waals surface area (Å²) in [5.41, 5.74) is 4.51. The SMILES string of the molecule is Cc1ccc(Cl)cc1NC(=O)COc1cccc(/C=N\NC(=O)C(=O)Nc2ccccc2Cl)c1. The molecule has 0 saturated heterocycles. The fourth-order valence-corrected chi connectivity index (χ4v) is 3.06. The molecule has 3 amide bonds. The van der Waals surface area contributed by atoms with E-state index in [0.717, 1.165) is 5.56 Å². The average molecular weight is 499 g/mol. The molecule has 0 spiro atoms. The highest BCUT2D eigenvalue weighted by Crippen LogP contribution is 2.21. The number of benzene rings is 3. The van der Waals surface area contributed by atoms with Crippen molar-refractivity contribution in [2.45, 2.75) is 6.92 Å². The lowest BCUT2D eigenvalue weighted by Crippen LogP contribution is -2.32. The van der Waals surface area contributed by atoms with Gasteiger partial charge in [-0.25, -0.2) is 5.43 Å². The summed E-state index contributed by atoms with van der Waals surface area (Å²) < 4.78 is 5.52. The number of nitrogens with zero attached hydrogens (tertiary/aromatic N) is 1. The van der Waals surface area contributed by atoms with E-state index in [1.54, 1.807) is 66.7 Å². The lowest BCUT2D eigenvalue weighted by atomic mass is 10.2. The Hall–Kier alpha value is -3.88. The third-order valence-corrected chi connectivity index (χ3v) is 4.97. The number of hydrogen-bond acceptors (Lipinski definition) is 5. The molecule has 8 nitrogen and oxygen atoms in total. The molecule has 174 valence electrons. The molecular weight excluding hydrogens is 479 g/mol. The van der Waals surface area contributed by atoms with E-state index in [0.29, 0.717) is 32.7 Å². The van der Waals surface area contributed by atoms with E-state index in [2.05, 4.69) is 21.2 Å². The molecule has 3 rings (SSSR count). The van der Waals surface area contributed by atoms with Crippen LogP contribution in [0.3, 0.4) is 0 Å². The molecular formula is C24H20Cl2N4O4. The number of carbonyl (C=O) groups is 3. The van der Waals surface area contributed by atoms with Gasteiger partial charge in [-0.1, -0.05) is 53.5 Å². The minimum Gasteiger partial charge on any atom is -0.484 e. The number of halogens is 2. The number of para-hydroxylation sites is 1. The van der Waals surface area contributed by atoms with Crippen molar-refractivity contribution in [2.24, 2.45) is 5.10 Å². The highest BCUT2D eigenvalue weighted by atomic mass is 35.5. The molecule has 0 atom stereocenters. The van der Waals surface area contributed by atoms with Gasteiger partial charge in [0.25, 0.3) is 5.91 Å². The predicted molar refractivity (Wildman–Crippen MR) is 133 cm³/mol. The summed E-state index contributed by atoms with van der Waals surface area (Å²) in [7, 11) is 0. The molecule has 0 fully saturated rings. The van der Waals surface area contributed by atoms with Gasteiger partial charge < -0.3 is 15.4 Å².